The smallest absolute Gasteiger partial charge is 0.410 e. The van der Waals surface area contributed by atoms with Gasteiger partial charge in [0.1, 0.15) is 11.6 Å². The topological polar surface area (TPSA) is 97.0 Å². The summed E-state index contributed by atoms with van der Waals surface area (Å²) in [5, 5.41) is 4.42. The molecule has 1 saturated heterocycles. The molecule has 2 aromatic carbocycles. The van der Waals surface area contributed by atoms with Crippen LogP contribution in [0.2, 0.25) is 0 Å². The van der Waals surface area contributed by atoms with Crippen molar-refractivity contribution in [2.45, 2.75) is 45.3 Å². The summed E-state index contributed by atoms with van der Waals surface area (Å²) in [6, 6.07) is 14.3. The lowest BCUT2D eigenvalue weighted by molar-refractivity contribution is -0.125. The molecule has 3 N–H and O–H groups in total. The zero-order chi connectivity index (χ0) is 22.6. The van der Waals surface area contributed by atoms with E-state index in [1.165, 1.54) is 4.90 Å². The molecule has 0 bridgehead atoms. The molecule has 2 aromatic rings. The lowest BCUT2D eigenvalue weighted by Crippen LogP contribution is -2.46. The van der Waals surface area contributed by atoms with Crippen LogP contribution in [0.3, 0.4) is 0 Å². The molecule has 2 amide bonds. The normalized spacial score (nSPS) is 16.8. The standard InChI is InChI=1S/C23H27BrN4O3/c1-23(2,3)31-22(30)28-13-7-10-19(28)21(29)27-26-20(15-8-5-4-6-9-15)17-14-16(24)11-12-18(17)25/h4-6,8-9,11-12,14,19H,7,10,13,25H2,1-3H3,(H,27,29)/b26-20+. The zero-order valence-corrected chi connectivity index (χ0v) is 19.5. The van der Waals surface area contributed by atoms with Crippen LogP contribution >= 0.6 is 15.9 Å². The average molecular weight is 487 g/mol. The molecular weight excluding hydrogens is 460 g/mol. The number of nitrogen functional groups attached to an aromatic ring is 1. The molecule has 0 aliphatic carbocycles. The number of anilines is 1. The third kappa shape index (κ3) is 5.85. The van der Waals surface area contributed by atoms with Gasteiger partial charge in [0.05, 0.1) is 5.71 Å². The highest BCUT2D eigenvalue weighted by atomic mass is 79.9. The number of ether oxygens (including phenoxy) is 1. The number of halogens is 1. The van der Waals surface area contributed by atoms with E-state index < -0.39 is 17.7 Å². The summed E-state index contributed by atoms with van der Waals surface area (Å²) in [5.41, 5.74) is 10.8. The van der Waals surface area contributed by atoms with Crippen molar-refractivity contribution in [1.29, 1.82) is 0 Å². The molecule has 7 nitrogen and oxygen atoms in total. The Kier molecular flexibility index (Phi) is 7.00. The Bertz CT molecular complexity index is 986. The summed E-state index contributed by atoms with van der Waals surface area (Å²) in [5.74, 6) is -0.356. The van der Waals surface area contributed by atoms with Crippen LogP contribution in [-0.2, 0) is 9.53 Å². The van der Waals surface area contributed by atoms with Crippen molar-refractivity contribution in [1.82, 2.24) is 10.3 Å². The average Bonchev–Trinajstić information content (AvgIpc) is 3.20. The lowest BCUT2D eigenvalue weighted by atomic mass is 10.0. The first kappa shape index (κ1) is 22.8. The fourth-order valence-corrected chi connectivity index (χ4v) is 3.73. The number of nitrogens with one attached hydrogen (secondary N) is 1. The van der Waals surface area contributed by atoms with Gasteiger partial charge in [-0.2, -0.15) is 5.10 Å². The summed E-state index contributed by atoms with van der Waals surface area (Å²) in [6.45, 7) is 5.87. The van der Waals surface area contributed by atoms with Crippen molar-refractivity contribution >= 4 is 39.3 Å². The predicted molar refractivity (Wildman–Crippen MR) is 125 cm³/mol. The number of rotatable bonds is 4. The summed E-state index contributed by atoms with van der Waals surface area (Å²) in [4.78, 5) is 26.9. The Hall–Kier alpha value is -2.87. The van der Waals surface area contributed by atoms with Crippen LogP contribution in [0.5, 0.6) is 0 Å². The van der Waals surface area contributed by atoms with Crippen molar-refractivity contribution in [3.8, 4) is 0 Å². The Labute approximate surface area is 190 Å². The highest BCUT2D eigenvalue weighted by Gasteiger charge is 2.36. The number of carbonyl (C=O) groups excluding carboxylic acids is 2. The van der Waals surface area contributed by atoms with Gasteiger partial charge in [0.2, 0.25) is 0 Å². The second kappa shape index (κ2) is 9.51. The first-order valence-electron chi connectivity index (χ1n) is 10.1. The number of nitrogens with zero attached hydrogens (tertiary/aromatic N) is 2. The summed E-state index contributed by atoms with van der Waals surface area (Å²) in [7, 11) is 0. The molecule has 1 unspecified atom stereocenters. The highest BCUT2D eigenvalue weighted by Crippen LogP contribution is 2.23. The minimum absolute atomic E-state index is 0.356. The van der Waals surface area contributed by atoms with Crippen LogP contribution in [0.15, 0.2) is 58.1 Å². The molecule has 3 rings (SSSR count). The van der Waals surface area contributed by atoms with Gasteiger partial charge in [-0.25, -0.2) is 10.2 Å². The van der Waals surface area contributed by atoms with Crippen LogP contribution in [-0.4, -0.2) is 40.8 Å². The van der Waals surface area contributed by atoms with E-state index in [1.54, 1.807) is 26.8 Å². The van der Waals surface area contributed by atoms with Crippen LogP contribution < -0.4 is 11.2 Å². The summed E-state index contributed by atoms with van der Waals surface area (Å²) in [6.07, 6.45) is 0.791. The quantitative estimate of drug-likeness (QED) is 0.382. The second-order valence-corrected chi connectivity index (χ2v) is 9.28. The first-order chi connectivity index (χ1) is 14.7. The Morgan fingerprint density at radius 2 is 1.90 bits per heavy atom. The molecule has 0 aromatic heterocycles. The van der Waals surface area contributed by atoms with Gasteiger partial charge in [0.15, 0.2) is 0 Å². The number of likely N-dealkylation sites (tertiary alicyclic amines) is 1. The maximum atomic E-state index is 12.9. The van der Waals surface area contributed by atoms with Gasteiger partial charge in [-0.05, 0) is 51.8 Å². The number of benzene rings is 2. The Balaban J connectivity index is 1.86. The van der Waals surface area contributed by atoms with Gasteiger partial charge < -0.3 is 10.5 Å². The van der Waals surface area contributed by atoms with Crippen molar-refractivity contribution < 1.29 is 14.3 Å². The second-order valence-electron chi connectivity index (χ2n) is 8.37. The number of carbonyl (C=O) groups is 2. The third-order valence-corrected chi connectivity index (χ3v) is 5.27. The van der Waals surface area contributed by atoms with Crippen LogP contribution in [0, 0.1) is 0 Å². The van der Waals surface area contributed by atoms with Gasteiger partial charge in [0.25, 0.3) is 5.91 Å². The van der Waals surface area contributed by atoms with E-state index >= 15 is 0 Å². The molecule has 1 heterocycles. The van der Waals surface area contributed by atoms with E-state index in [1.807, 2.05) is 42.5 Å². The maximum Gasteiger partial charge on any atom is 0.410 e. The summed E-state index contributed by atoms with van der Waals surface area (Å²) < 4.78 is 6.29. The number of hydrogen-bond donors (Lipinski definition) is 2. The van der Waals surface area contributed by atoms with Crippen molar-refractivity contribution in [3.63, 3.8) is 0 Å². The van der Waals surface area contributed by atoms with E-state index in [0.717, 1.165) is 16.5 Å². The number of hydrogen-bond acceptors (Lipinski definition) is 5. The molecule has 1 fully saturated rings. The van der Waals surface area contributed by atoms with Crippen molar-refractivity contribution in [2.75, 3.05) is 12.3 Å². The summed E-state index contributed by atoms with van der Waals surface area (Å²) >= 11 is 3.46. The number of nitrogens with two attached hydrogens (primary N) is 1. The molecular formula is C23H27BrN4O3. The van der Waals surface area contributed by atoms with E-state index in [-0.39, 0.29) is 5.91 Å². The van der Waals surface area contributed by atoms with Crippen LogP contribution in [0.4, 0.5) is 10.5 Å². The van der Waals surface area contributed by atoms with Crippen LogP contribution in [0.1, 0.15) is 44.7 Å². The van der Waals surface area contributed by atoms with E-state index in [0.29, 0.717) is 29.9 Å². The highest BCUT2D eigenvalue weighted by molar-refractivity contribution is 9.10. The maximum absolute atomic E-state index is 12.9. The Morgan fingerprint density at radius 3 is 2.58 bits per heavy atom. The molecule has 0 radical (unpaired) electrons. The van der Waals surface area contributed by atoms with Gasteiger partial charge >= 0.3 is 6.09 Å². The first-order valence-corrected chi connectivity index (χ1v) is 10.9. The SMILES string of the molecule is CC(C)(C)OC(=O)N1CCCC1C(=O)N/N=C(\c1ccccc1)c1cc(Br)ccc1N. The molecule has 1 aliphatic rings. The monoisotopic (exact) mass is 486 g/mol. The van der Waals surface area contributed by atoms with Crippen molar-refractivity contribution in [2.24, 2.45) is 5.10 Å². The molecule has 31 heavy (non-hydrogen) atoms. The molecule has 8 heteroatoms. The van der Waals surface area contributed by atoms with Gasteiger partial charge in [-0.3, -0.25) is 9.69 Å². The molecule has 1 aliphatic heterocycles. The fraction of sp³-hybridized carbons (Fsp3) is 0.348. The largest absolute Gasteiger partial charge is 0.444 e. The third-order valence-electron chi connectivity index (χ3n) is 4.78. The number of hydrazone groups is 1. The lowest BCUT2D eigenvalue weighted by Gasteiger charge is -2.27. The molecule has 164 valence electrons. The van der Waals surface area contributed by atoms with Gasteiger partial charge in [0, 0.05) is 27.8 Å². The zero-order valence-electron chi connectivity index (χ0n) is 17.9. The van der Waals surface area contributed by atoms with Gasteiger partial charge in [-0.1, -0.05) is 46.3 Å². The van der Waals surface area contributed by atoms with Crippen LogP contribution in [0.25, 0.3) is 0 Å². The van der Waals surface area contributed by atoms with E-state index in [9.17, 15) is 9.59 Å². The fourth-order valence-electron chi connectivity index (χ4n) is 3.37. The molecule has 0 spiro atoms. The molecule has 0 saturated carbocycles. The van der Waals surface area contributed by atoms with Crippen molar-refractivity contribution in [3.05, 3.63) is 64.1 Å². The Morgan fingerprint density at radius 1 is 1.19 bits per heavy atom. The minimum atomic E-state index is -0.629. The molecule has 1 atom stereocenters. The van der Waals surface area contributed by atoms with Gasteiger partial charge in [-0.15, -0.1) is 0 Å². The van der Waals surface area contributed by atoms with E-state index in [4.69, 9.17) is 10.5 Å². The van der Waals surface area contributed by atoms with E-state index in [2.05, 4.69) is 26.5 Å². The predicted octanol–water partition coefficient (Wildman–Crippen LogP) is 4.30. The minimum Gasteiger partial charge on any atom is -0.444 e. The number of amides is 2.